The number of aromatic nitrogens is 2. The number of rotatable bonds is 5. The average Bonchev–Trinajstić information content (AvgIpc) is 2.77. The molecule has 7 nitrogen and oxygen atoms in total. The Kier molecular flexibility index (Phi) is 7.04. The zero-order chi connectivity index (χ0) is 22.7. The molecule has 2 aromatic rings. The van der Waals surface area contributed by atoms with Gasteiger partial charge in [-0.05, 0) is 76.0 Å². The summed E-state index contributed by atoms with van der Waals surface area (Å²) in [5.74, 6) is 1.77. The van der Waals surface area contributed by atoms with Crippen molar-refractivity contribution < 1.29 is 4.79 Å². The zero-order valence-electron chi connectivity index (χ0n) is 19.2. The predicted octanol–water partition coefficient (Wildman–Crippen LogP) is 4.93. The van der Waals surface area contributed by atoms with Gasteiger partial charge in [0, 0.05) is 31.7 Å². The van der Waals surface area contributed by atoms with Gasteiger partial charge in [0.25, 0.3) is 0 Å². The fourth-order valence-electron chi connectivity index (χ4n) is 4.65. The third-order valence-corrected chi connectivity index (χ3v) is 6.68. The van der Waals surface area contributed by atoms with Gasteiger partial charge in [0.05, 0.1) is 16.4 Å². The van der Waals surface area contributed by atoms with Crippen molar-refractivity contribution in [2.75, 3.05) is 29.6 Å². The van der Waals surface area contributed by atoms with Crippen molar-refractivity contribution in [2.24, 2.45) is 0 Å². The van der Waals surface area contributed by atoms with Crippen LogP contribution in [0.1, 0.15) is 55.3 Å². The molecule has 4 rings (SSSR count). The number of anilines is 3. The molecule has 0 bridgehead atoms. The molecular formula is C24H33ClN6O. The maximum absolute atomic E-state index is 12.4. The Morgan fingerprint density at radius 3 is 2.53 bits per heavy atom. The summed E-state index contributed by atoms with van der Waals surface area (Å²) in [5, 5.41) is 10.1. The number of carbonyl (C=O) groups excluding carboxylic acids is 1. The van der Waals surface area contributed by atoms with Crippen LogP contribution in [0.25, 0.3) is 0 Å². The van der Waals surface area contributed by atoms with E-state index in [2.05, 4.69) is 20.9 Å². The summed E-state index contributed by atoms with van der Waals surface area (Å²) in [4.78, 5) is 24.2. The van der Waals surface area contributed by atoms with E-state index in [9.17, 15) is 4.79 Å². The molecule has 2 amide bonds. The van der Waals surface area contributed by atoms with Gasteiger partial charge in [0.15, 0.2) is 0 Å². The maximum atomic E-state index is 12.4. The van der Waals surface area contributed by atoms with Crippen LogP contribution in [0.4, 0.5) is 22.2 Å². The van der Waals surface area contributed by atoms with Gasteiger partial charge >= 0.3 is 6.03 Å². The number of aryl methyl sites for hydroxylation is 2. The highest BCUT2D eigenvalue weighted by Gasteiger charge is 2.25. The molecule has 0 radical (unpaired) electrons. The number of amides is 2. The number of hydrogen-bond acceptors (Lipinski definition) is 5. The monoisotopic (exact) mass is 456 g/mol. The molecule has 172 valence electrons. The Labute approximate surface area is 195 Å². The number of halogens is 1. The summed E-state index contributed by atoms with van der Waals surface area (Å²) in [6.45, 7) is 1.97. The van der Waals surface area contributed by atoms with Crippen molar-refractivity contribution in [1.82, 2.24) is 15.3 Å². The smallest absolute Gasteiger partial charge is 0.319 e. The SMILES string of the molecule is Cc1ccc(Cl)c(NC(=O)N[C@H]2CC[C@@H](Nc3nc4c(c(N(C)C)n3)CCCC4)CC2)c1. The standard InChI is InChI=1S/C24H33ClN6O/c1-15-8-13-19(25)21(14-15)29-24(32)27-17-11-9-16(10-12-17)26-23-28-20-7-5-4-6-18(20)22(30-23)31(2)3/h8,13-14,16-17H,4-7,9-12H2,1-3H3,(H,26,28,30)(H2,27,29,32)/t16-,17+. The molecule has 0 atom stereocenters. The van der Waals surface area contributed by atoms with E-state index in [4.69, 9.17) is 21.6 Å². The minimum Gasteiger partial charge on any atom is -0.362 e. The van der Waals surface area contributed by atoms with Gasteiger partial charge in [-0.2, -0.15) is 4.98 Å². The first-order valence-corrected chi connectivity index (χ1v) is 11.9. The molecule has 1 saturated carbocycles. The largest absolute Gasteiger partial charge is 0.362 e. The van der Waals surface area contributed by atoms with E-state index in [0.29, 0.717) is 16.8 Å². The highest BCUT2D eigenvalue weighted by molar-refractivity contribution is 6.33. The number of urea groups is 1. The maximum Gasteiger partial charge on any atom is 0.319 e. The van der Waals surface area contributed by atoms with Crippen molar-refractivity contribution >= 4 is 35.1 Å². The van der Waals surface area contributed by atoms with Crippen molar-refractivity contribution in [1.29, 1.82) is 0 Å². The van der Waals surface area contributed by atoms with E-state index in [1.165, 1.54) is 24.1 Å². The third kappa shape index (κ3) is 5.44. The van der Waals surface area contributed by atoms with Gasteiger partial charge in [-0.1, -0.05) is 17.7 Å². The summed E-state index contributed by atoms with van der Waals surface area (Å²) >= 11 is 6.19. The second kappa shape index (κ2) is 9.94. The molecule has 1 fully saturated rings. The van der Waals surface area contributed by atoms with E-state index >= 15 is 0 Å². The normalized spacial score (nSPS) is 20.2. The lowest BCUT2D eigenvalue weighted by atomic mass is 9.91. The molecule has 0 aliphatic heterocycles. The van der Waals surface area contributed by atoms with Crippen molar-refractivity contribution in [3.05, 3.63) is 40.0 Å². The first-order chi connectivity index (χ1) is 15.4. The second-order valence-corrected chi connectivity index (χ2v) is 9.58. The Morgan fingerprint density at radius 2 is 1.78 bits per heavy atom. The molecular weight excluding hydrogens is 424 g/mol. The van der Waals surface area contributed by atoms with Crippen LogP contribution in [0.2, 0.25) is 5.02 Å². The molecule has 1 aromatic carbocycles. The first kappa shape index (κ1) is 22.6. The van der Waals surface area contributed by atoms with Crippen LogP contribution < -0.4 is 20.9 Å². The predicted molar refractivity (Wildman–Crippen MR) is 131 cm³/mol. The first-order valence-electron chi connectivity index (χ1n) is 11.6. The van der Waals surface area contributed by atoms with Crippen LogP contribution in [0.5, 0.6) is 0 Å². The average molecular weight is 457 g/mol. The molecule has 2 aliphatic rings. The van der Waals surface area contributed by atoms with Crippen LogP contribution in [0.3, 0.4) is 0 Å². The van der Waals surface area contributed by atoms with Gasteiger partial charge in [-0.15, -0.1) is 0 Å². The molecule has 2 aliphatic carbocycles. The van der Waals surface area contributed by atoms with E-state index in [1.54, 1.807) is 6.07 Å². The lowest BCUT2D eigenvalue weighted by Gasteiger charge is -2.30. The third-order valence-electron chi connectivity index (χ3n) is 6.35. The van der Waals surface area contributed by atoms with Crippen LogP contribution in [0.15, 0.2) is 18.2 Å². The van der Waals surface area contributed by atoms with Gasteiger partial charge < -0.3 is 20.9 Å². The number of nitrogens with zero attached hydrogens (tertiary/aromatic N) is 3. The number of nitrogens with one attached hydrogen (secondary N) is 3. The summed E-state index contributed by atoms with van der Waals surface area (Å²) < 4.78 is 0. The Bertz CT molecular complexity index is 971. The number of carbonyl (C=O) groups is 1. The molecule has 1 aromatic heterocycles. The minimum atomic E-state index is -0.206. The number of hydrogen-bond donors (Lipinski definition) is 3. The van der Waals surface area contributed by atoms with E-state index < -0.39 is 0 Å². The summed E-state index contributed by atoms with van der Waals surface area (Å²) in [6.07, 6.45) is 8.27. The zero-order valence-corrected chi connectivity index (χ0v) is 19.9. The Morgan fingerprint density at radius 1 is 1.06 bits per heavy atom. The highest BCUT2D eigenvalue weighted by Crippen LogP contribution is 2.29. The van der Waals surface area contributed by atoms with Gasteiger partial charge in [-0.3, -0.25) is 0 Å². The lowest BCUT2D eigenvalue weighted by molar-refractivity contribution is 0.243. The molecule has 0 spiro atoms. The summed E-state index contributed by atoms with van der Waals surface area (Å²) in [5.41, 5.74) is 4.19. The Balaban J connectivity index is 1.31. The van der Waals surface area contributed by atoms with Gasteiger partial charge in [-0.25, -0.2) is 9.78 Å². The number of fused-ring (bicyclic) bond motifs is 1. The van der Waals surface area contributed by atoms with Crippen molar-refractivity contribution in [3.8, 4) is 0 Å². The fourth-order valence-corrected chi connectivity index (χ4v) is 4.82. The van der Waals surface area contributed by atoms with Crippen molar-refractivity contribution in [2.45, 2.75) is 70.4 Å². The van der Waals surface area contributed by atoms with Crippen LogP contribution in [-0.4, -0.2) is 42.2 Å². The van der Waals surface area contributed by atoms with Crippen LogP contribution >= 0.6 is 11.6 Å². The second-order valence-electron chi connectivity index (χ2n) is 9.17. The van der Waals surface area contributed by atoms with E-state index in [1.807, 2.05) is 33.2 Å². The summed E-state index contributed by atoms with van der Waals surface area (Å²) in [7, 11) is 4.10. The van der Waals surface area contributed by atoms with E-state index in [-0.39, 0.29) is 12.1 Å². The lowest BCUT2D eigenvalue weighted by Crippen LogP contribution is -2.42. The minimum absolute atomic E-state index is 0.151. The molecule has 0 saturated heterocycles. The molecule has 8 heteroatoms. The molecule has 3 N–H and O–H groups in total. The van der Waals surface area contributed by atoms with Crippen LogP contribution in [0, 0.1) is 6.92 Å². The topological polar surface area (TPSA) is 82.2 Å². The highest BCUT2D eigenvalue weighted by atomic mass is 35.5. The Hall–Kier alpha value is -2.54. The molecule has 0 unspecified atom stereocenters. The number of benzene rings is 1. The fraction of sp³-hybridized carbons (Fsp3) is 0.542. The van der Waals surface area contributed by atoms with Crippen LogP contribution in [-0.2, 0) is 12.8 Å². The summed E-state index contributed by atoms with van der Waals surface area (Å²) in [6, 6.07) is 5.87. The van der Waals surface area contributed by atoms with E-state index in [0.717, 1.165) is 55.9 Å². The van der Waals surface area contributed by atoms with Gasteiger partial charge in [0.1, 0.15) is 5.82 Å². The quantitative estimate of drug-likeness (QED) is 0.594. The molecule has 1 heterocycles. The molecule has 32 heavy (non-hydrogen) atoms. The van der Waals surface area contributed by atoms with Gasteiger partial charge in [0.2, 0.25) is 5.95 Å². The van der Waals surface area contributed by atoms with Crippen molar-refractivity contribution in [3.63, 3.8) is 0 Å².